The maximum atomic E-state index is 2.59. The highest BCUT2D eigenvalue weighted by Crippen LogP contribution is 2.22. The predicted molar refractivity (Wildman–Crippen MR) is 65.8 cm³/mol. The normalized spacial score (nSPS) is 13.1. The monoisotopic (exact) mass is 198 g/mol. The molecule has 0 rings (SSSR count). The van der Waals surface area contributed by atoms with E-state index in [2.05, 4.69) is 46.4 Å². The maximum absolute atomic E-state index is 2.59. The van der Waals surface area contributed by atoms with E-state index >= 15 is 0 Å². The summed E-state index contributed by atoms with van der Waals surface area (Å²) in [5.41, 5.74) is 2.59. The molecule has 0 saturated heterocycles. The third-order valence-corrected chi connectivity index (χ3v) is 8.36. The Labute approximate surface area is 85.4 Å². The second-order valence-corrected chi connectivity index (χ2v) is 9.63. The van der Waals surface area contributed by atoms with Gasteiger partial charge in [-0.3, -0.25) is 0 Å². The Hall–Kier alpha value is -0.0431. The topological polar surface area (TPSA) is 0 Å². The van der Waals surface area contributed by atoms with Gasteiger partial charge in [0.25, 0.3) is 0 Å². The lowest BCUT2D eigenvalue weighted by Crippen LogP contribution is -2.28. The van der Waals surface area contributed by atoms with Gasteiger partial charge >= 0.3 is 0 Å². The predicted octanol–water partition coefficient (Wildman–Crippen LogP) is 4.64. The van der Waals surface area contributed by atoms with E-state index < -0.39 is 8.07 Å². The molecule has 0 aromatic heterocycles. The molecule has 0 fully saturated rings. The molecule has 0 aliphatic heterocycles. The first kappa shape index (κ1) is 13.0. The second-order valence-electron chi connectivity index (χ2n) is 4.45. The van der Waals surface area contributed by atoms with Crippen LogP contribution in [0.5, 0.6) is 0 Å². The van der Waals surface area contributed by atoms with Gasteiger partial charge in [-0.1, -0.05) is 64.5 Å². The smallest absolute Gasteiger partial charge is 0.0766 e. The largest absolute Gasteiger partial charge is 0.0981 e. The summed E-state index contributed by atoms with van der Waals surface area (Å²) in [7, 11) is -0.965. The highest BCUT2D eigenvalue weighted by atomic mass is 28.3. The molecule has 0 aromatic carbocycles. The summed E-state index contributed by atoms with van der Waals surface area (Å²) in [6.45, 7) is 11.7. The van der Waals surface area contributed by atoms with Gasteiger partial charge in [0.2, 0.25) is 0 Å². The van der Waals surface area contributed by atoms with E-state index in [4.69, 9.17) is 0 Å². The molecule has 78 valence electrons. The Morgan fingerprint density at radius 3 is 1.77 bits per heavy atom. The summed E-state index contributed by atoms with van der Waals surface area (Å²) in [4.78, 5) is 0. The van der Waals surface area contributed by atoms with Gasteiger partial charge in [-0.05, 0) is 12.3 Å². The van der Waals surface area contributed by atoms with Crippen LogP contribution in [0.2, 0.25) is 18.1 Å². The summed E-state index contributed by atoms with van der Waals surface area (Å²) < 4.78 is 0. The van der Waals surface area contributed by atoms with E-state index in [1.54, 1.807) is 0 Å². The molecular formula is C12H26Si. The first-order valence-corrected chi connectivity index (χ1v) is 8.47. The Morgan fingerprint density at radius 1 is 1.00 bits per heavy atom. The van der Waals surface area contributed by atoms with Crippen LogP contribution < -0.4 is 0 Å². The zero-order chi connectivity index (χ0) is 10.3. The second kappa shape index (κ2) is 6.42. The lowest BCUT2D eigenvalue weighted by Gasteiger charge is -2.23. The van der Waals surface area contributed by atoms with Crippen molar-refractivity contribution in [1.29, 1.82) is 0 Å². The molecule has 0 bridgehead atoms. The van der Waals surface area contributed by atoms with Gasteiger partial charge in [0.05, 0.1) is 8.07 Å². The molecule has 0 saturated carbocycles. The van der Waals surface area contributed by atoms with Crippen LogP contribution in [0.4, 0.5) is 0 Å². The molecule has 0 unspecified atom stereocenters. The molecule has 0 aliphatic rings. The fourth-order valence-corrected chi connectivity index (χ4v) is 4.54. The standard InChI is InChI=1S/C12H26Si/c1-6-13(7-2,8-3)11-9-10-12(4)5/h9,11-12H,6-8,10H2,1-5H3/b11-9+. The van der Waals surface area contributed by atoms with Crippen molar-refractivity contribution in [2.45, 2.75) is 59.2 Å². The lowest BCUT2D eigenvalue weighted by atomic mass is 10.1. The maximum Gasteiger partial charge on any atom is 0.0766 e. The van der Waals surface area contributed by atoms with E-state index in [0.29, 0.717) is 0 Å². The van der Waals surface area contributed by atoms with E-state index in [-0.39, 0.29) is 0 Å². The molecule has 0 N–H and O–H groups in total. The van der Waals surface area contributed by atoms with Gasteiger partial charge in [0.1, 0.15) is 0 Å². The van der Waals surface area contributed by atoms with Crippen molar-refractivity contribution in [2.75, 3.05) is 0 Å². The zero-order valence-electron chi connectivity index (χ0n) is 10.1. The fraction of sp³-hybridized carbons (Fsp3) is 0.833. The van der Waals surface area contributed by atoms with E-state index in [0.717, 1.165) is 5.92 Å². The average molecular weight is 198 g/mol. The zero-order valence-corrected chi connectivity index (χ0v) is 11.1. The van der Waals surface area contributed by atoms with Crippen molar-refractivity contribution < 1.29 is 0 Å². The molecular weight excluding hydrogens is 172 g/mol. The number of hydrogen-bond donors (Lipinski definition) is 0. The number of allylic oxidation sites excluding steroid dienone is 1. The van der Waals surface area contributed by atoms with Gasteiger partial charge in [-0.15, -0.1) is 0 Å². The highest BCUT2D eigenvalue weighted by molar-refractivity contribution is 6.84. The Balaban J connectivity index is 4.15. The minimum absolute atomic E-state index is 0.813. The van der Waals surface area contributed by atoms with Crippen LogP contribution in [0.25, 0.3) is 0 Å². The van der Waals surface area contributed by atoms with E-state index in [9.17, 15) is 0 Å². The SMILES string of the molecule is CC[Si](/C=C/CC(C)C)(CC)CC. The molecule has 0 aliphatic carbocycles. The minimum Gasteiger partial charge on any atom is -0.0981 e. The molecule has 0 aromatic rings. The minimum atomic E-state index is -0.965. The van der Waals surface area contributed by atoms with Crippen LogP contribution >= 0.6 is 0 Å². The van der Waals surface area contributed by atoms with Crippen LogP contribution in [0.3, 0.4) is 0 Å². The van der Waals surface area contributed by atoms with Crippen molar-refractivity contribution in [3.8, 4) is 0 Å². The van der Waals surface area contributed by atoms with E-state index in [1.807, 2.05) is 0 Å². The molecule has 0 atom stereocenters. The van der Waals surface area contributed by atoms with Crippen molar-refractivity contribution in [3.05, 3.63) is 11.8 Å². The summed E-state index contributed by atoms with van der Waals surface area (Å²) in [5, 5.41) is 0. The Bertz CT molecular complexity index is 135. The fourth-order valence-electron chi connectivity index (χ4n) is 1.69. The van der Waals surface area contributed by atoms with Crippen LogP contribution in [0.15, 0.2) is 11.8 Å². The third-order valence-electron chi connectivity index (χ3n) is 3.19. The van der Waals surface area contributed by atoms with Gasteiger partial charge in [0, 0.05) is 0 Å². The number of rotatable bonds is 6. The molecule has 13 heavy (non-hydrogen) atoms. The first-order valence-electron chi connectivity index (χ1n) is 5.78. The van der Waals surface area contributed by atoms with Gasteiger partial charge in [0.15, 0.2) is 0 Å². The van der Waals surface area contributed by atoms with Crippen molar-refractivity contribution in [1.82, 2.24) is 0 Å². The Kier molecular flexibility index (Phi) is 6.40. The van der Waals surface area contributed by atoms with Gasteiger partial charge < -0.3 is 0 Å². The average Bonchev–Trinajstić information content (AvgIpc) is 2.13. The van der Waals surface area contributed by atoms with Crippen LogP contribution in [0.1, 0.15) is 41.0 Å². The van der Waals surface area contributed by atoms with Crippen LogP contribution in [-0.2, 0) is 0 Å². The lowest BCUT2D eigenvalue weighted by molar-refractivity contribution is 0.664. The molecule has 0 radical (unpaired) electrons. The summed E-state index contributed by atoms with van der Waals surface area (Å²) in [6, 6.07) is 4.23. The molecule has 1 heteroatoms. The Morgan fingerprint density at radius 2 is 1.46 bits per heavy atom. The first-order chi connectivity index (χ1) is 6.10. The summed E-state index contributed by atoms with van der Waals surface area (Å²) in [6.07, 6.45) is 3.70. The van der Waals surface area contributed by atoms with Crippen molar-refractivity contribution >= 4 is 8.07 Å². The van der Waals surface area contributed by atoms with Gasteiger partial charge in [-0.25, -0.2) is 0 Å². The quantitative estimate of drug-likeness (QED) is 0.546. The summed E-state index contributed by atoms with van der Waals surface area (Å²) >= 11 is 0. The highest BCUT2D eigenvalue weighted by Gasteiger charge is 2.22. The van der Waals surface area contributed by atoms with E-state index in [1.165, 1.54) is 24.6 Å². The molecule has 0 spiro atoms. The third kappa shape index (κ3) is 4.66. The number of hydrogen-bond acceptors (Lipinski definition) is 0. The summed E-state index contributed by atoms with van der Waals surface area (Å²) in [5.74, 6) is 0.813. The molecule has 0 amide bonds. The van der Waals surface area contributed by atoms with Crippen molar-refractivity contribution in [3.63, 3.8) is 0 Å². The molecule has 0 nitrogen and oxygen atoms in total. The molecule has 0 heterocycles. The van der Waals surface area contributed by atoms with Gasteiger partial charge in [-0.2, -0.15) is 0 Å². The van der Waals surface area contributed by atoms with Crippen molar-refractivity contribution in [2.24, 2.45) is 5.92 Å². The van der Waals surface area contributed by atoms with Crippen LogP contribution in [0, 0.1) is 5.92 Å². The van der Waals surface area contributed by atoms with Crippen LogP contribution in [-0.4, -0.2) is 8.07 Å².